The minimum Gasteiger partial charge on any atom is -0.214 e. The minimum atomic E-state index is -3.42. The van der Waals surface area contributed by atoms with Gasteiger partial charge in [0.05, 0.1) is 9.92 Å². The molecule has 1 N–H and O–H groups in total. The quantitative estimate of drug-likeness (QED) is 0.911. The number of halogens is 2. The highest BCUT2D eigenvalue weighted by Gasteiger charge is 2.16. The third-order valence-corrected chi connectivity index (χ3v) is 4.53. The van der Waals surface area contributed by atoms with Gasteiger partial charge < -0.3 is 0 Å². The van der Waals surface area contributed by atoms with Crippen LogP contribution >= 0.6 is 27.5 Å². The van der Waals surface area contributed by atoms with Gasteiger partial charge in [0, 0.05) is 4.47 Å². The van der Waals surface area contributed by atoms with Crippen LogP contribution in [0.4, 0.5) is 0 Å². The summed E-state index contributed by atoms with van der Waals surface area (Å²) in [5.41, 5.74) is 0.649. The van der Waals surface area contributed by atoms with Crippen LogP contribution in [0.3, 0.4) is 0 Å². The van der Waals surface area contributed by atoms with Crippen molar-refractivity contribution in [1.29, 1.82) is 0 Å². The van der Waals surface area contributed by atoms with E-state index in [1.165, 1.54) is 13.1 Å². The van der Waals surface area contributed by atoms with E-state index >= 15 is 0 Å². The van der Waals surface area contributed by atoms with Crippen molar-refractivity contribution < 1.29 is 8.42 Å². The van der Waals surface area contributed by atoms with Crippen LogP contribution in [-0.2, 0) is 10.0 Å². The molecule has 0 aliphatic carbocycles. The second-order valence-electron chi connectivity index (χ2n) is 2.74. The Labute approximate surface area is 96.6 Å². The van der Waals surface area contributed by atoms with Gasteiger partial charge in [0.1, 0.15) is 0 Å². The molecular weight excluding hydrogens is 290 g/mol. The van der Waals surface area contributed by atoms with E-state index in [9.17, 15) is 8.42 Å². The first-order chi connectivity index (χ1) is 6.38. The number of hydrogen-bond donors (Lipinski definition) is 1. The summed E-state index contributed by atoms with van der Waals surface area (Å²) in [6, 6.07) is 3.10. The Balaban J connectivity index is 3.45. The number of sulfonamides is 1. The molecule has 1 aromatic carbocycles. The van der Waals surface area contributed by atoms with Crippen LogP contribution in [0.2, 0.25) is 5.02 Å². The predicted molar refractivity (Wildman–Crippen MR) is 60.1 cm³/mol. The first-order valence-corrected chi connectivity index (χ1v) is 6.43. The van der Waals surface area contributed by atoms with Crippen LogP contribution in [0.25, 0.3) is 0 Å². The summed E-state index contributed by atoms with van der Waals surface area (Å²) in [5, 5.41) is 0.379. The fourth-order valence-electron chi connectivity index (χ4n) is 1.03. The van der Waals surface area contributed by atoms with Crippen molar-refractivity contribution in [2.24, 2.45) is 0 Å². The summed E-state index contributed by atoms with van der Waals surface area (Å²) in [4.78, 5) is 0.202. The van der Waals surface area contributed by atoms with Crippen molar-refractivity contribution in [3.63, 3.8) is 0 Å². The van der Waals surface area contributed by atoms with Crippen LogP contribution in [0.5, 0.6) is 0 Å². The molecule has 0 atom stereocenters. The molecule has 1 aromatic rings. The summed E-state index contributed by atoms with van der Waals surface area (Å²) >= 11 is 9.03. The summed E-state index contributed by atoms with van der Waals surface area (Å²) < 4.78 is 25.9. The Morgan fingerprint density at radius 1 is 1.43 bits per heavy atom. The molecule has 0 spiro atoms. The molecular formula is C8H9BrClNO2S. The molecule has 0 amide bonds. The highest BCUT2D eigenvalue weighted by molar-refractivity contribution is 9.10. The maximum atomic E-state index is 11.5. The molecule has 0 bridgehead atoms. The Hall–Kier alpha value is -0.100. The smallest absolute Gasteiger partial charge is 0.214 e. The Morgan fingerprint density at radius 2 is 2.00 bits per heavy atom. The Bertz CT molecular complexity index is 459. The van der Waals surface area contributed by atoms with E-state index in [4.69, 9.17) is 11.6 Å². The molecule has 0 saturated carbocycles. The number of aryl methyl sites for hydroxylation is 1. The van der Waals surface area contributed by atoms with E-state index in [1.54, 1.807) is 13.0 Å². The Kier molecular flexibility index (Phi) is 3.58. The molecule has 0 aromatic heterocycles. The van der Waals surface area contributed by atoms with Crippen molar-refractivity contribution in [3.8, 4) is 0 Å². The zero-order valence-electron chi connectivity index (χ0n) is 7.64. The van der Waals surface area contributed by atoms with Gasteiger partial charge in [0.25, 0.3) is 0 Å². The maximum absolute atomic E-state index is 11.5. The summed E-state index contributed by atoms with van der Waals surface area (Å²) in [6.45, 7) is 1.71. The monoisotopic (exact) mass is 297 g/mol. The largest absolute Gasteiger partial charge is 0.240 e. The zero-order valence-corrected chi connectivity index (χ0v) is 10.8. The van der Waals surface area contributed by atoms with E-state index in [-0.39, 0.29) is 4.90 Å². The van der Waals surface area contributed by atoms with E-state index in [0.29, 0.717) is 15.1 Å². The summed E-state index contributed by atoms with van der Waals surface area (Å²) in [7, 11) is -2.06. The van der Waals surface area contributed by atoms with Crippen LogP contribution < -0.4 is 4.72 Å². The van der Waals surface area contributed by atoms with Crippen molar-refractivity contribution in [2.75, 3.05) is 7.05 Å². The van der Waals surface area contributed by atoms with Gasteiger partial charge in [-0.25, -0.2) is 13.1 Å². The molecule has 3 nitrogen and oxygen atoms in total. The molecule has 0 unspecified atom stereocenters. The molecule has 1 rings (SSSR count). The van der Waals surface area contributed by atoms with Gasteiger partial charge in [-0.1, -0.05) is 11.6 Å². The van der Waals surface area contributed by atoms with Gasteiger partial charge in [0.2, 0.25) is 10.0 Å². The fraction of sp³-hybridized carbons (Fsp3) is 0.250. The molecule has 0 radical (unpaired) electrons. The van der Waals surface area contributed by atoms with E-state index < -0.39 is 10.0 Å². The van der Waals surface area contributed by atoms with Crippen molar-refractivity contribution in [2.45, 2.75) is 11.8 Å². The molecule has 0 aliphatic heterocycles. The molecule has 0 fully saturated rings. The lowest BCUT2D eigenvalue weighted by atomic mass is 10.2. The molecule has 0 heterocycles. The van der Waals surface area contributed by atoms with Gasteiger partial charge >= 0.3 is 0 Å². The van der Waals surface area contributed by atoms with Crippen LogP contribution in [0.15, 0.2) is 21.5 Å². The molecule has 14 heavy (non-hydrogen) atoms. The predicted octanol–water partition coefficient (Wildman–Crippen LogP) is 2.32. The van der Waals surface area contributed by atoms with Crippen LogP contribution in [-0.4, -0.2) is 15.5 Å². The summed E-state index contributed by atoms with van der Waals surface area (Å²) in [5.74, 6) is 0. The van der Waals surface area contributed by atoms with Crippen molar-refractivity contribution in [3.05, 3.63) is 27.2 Å². The average Bonchev–Trinajstić information content (AvgIpc) is 2.11. The van der Waals surface area contributed by atoms with Gasteiger partial charge in [-0.05, 0) is 47.6 Å². The lowest BCUT2D eigenvalue weighted by Crippen LogP contribution is -2.19. The van der Waals surface area contributed by atoms with E-state index in [1.807, 2.05) is 0 Å². The minimum absolute atomic E-state index is 0.202. The number of benzene rings is 1. The third kappa shape index (κ3) is 2.28. The first kappa shape index (κ1) is 12.0. The van der Waals surface area contributed by atoms with E-state index in [2.05, 4.69) is 20.7 Å². The zero-order chi connectivity index (χ0) is 10.9. The fourth-order valence-corrected chi connectivity index (χ4v) is 2.69. The van der Waals surface area contributed by atoms with Gasteiger partial charge in [-0.2, -0.15) is 0 Å². The second kappa shape index (κ2) is 4.18. The average molecular weight is 299 g/mol. The number of rotatable bonds is 2. The van der Waals surface area contributed by atoms with Gasteiger partial charge in [-0.3, -0.25) is 0 Å². The maximum Gasteiger partial charge on any atom is 0.240 e. The van der Waals surface area contributed by atoms with Crippen LogP contribution in [0.1, 0.15) is 5.56 Å². The van der Waals surface area contributed by atoms with E-state index in [0.717, 1.165) is 0 Å². The SMILES string of the molecule is CNS(=O)(=O)c1cc(Cl)c(Br)cc1C. The number of nitrogens with one attached hydrogen (secondary N) is 1. The number of hydrogen-bond acceptors (Lipinski definition) is 2. The van der Waals surface area contributed by atoms with Gasteiger partial charge in [0.15, 0.2) is 0 Å². The standard InChI is InChI=1S/C8H9BrClNO2S/c1-5-3-6(9)7(10)4-8(5)14(12,13)11-2/h3-4,11H,1-2H3. The topological polar surface area (TPSA) is 46.2 Å². The van der Waals surface area contributed by atoms with Gasteiger partial charge in [-0.15, -0.1) is 0 Å². The lowest BCUT2D eigenvalue weighted by molar-refractivity contribution is 0.587. The normalized spacial score (nSPS) is 11.7. The molecule has 78 valence electrons. The third-order valence-electron chi connectivity index (χ3n) is 1.78. The summed E-state index contributed by atoms with van der Waals surface area (Å²) in [6.07, 6.45) is 0. The first-order valence-electron chi connectivity index (χ1n) is 3.77. The van der Waals surface area contributed by atoms with Crippen molar-refractivity contribution in [1.82, 2.24) is 4.72 Å². The molecule has 6 heteroatoms. The second-order valence-corrected chi connectivity index (χ2v) is 5.86. The Morgan fingerprint density at radius 3 is 2.50 bits per heavy atom. The van der Waals surface area contributed by atoms with Crippen LogP contribution in [0, 0.1) is 6.92 Å². The lowest BCUT2D eigenvalue weighted by Gasteiger charge is -2.07. The molecule has 0 aliphatic rings. The van der Waals surface area contributed by atoms with Crippen molar-refractivity contribution >= 4 is 37.6 Å². The molecule has 0 saturated heterocycles. The highest BCUT2D eigenvalue weighted by Crippen LogP contribution is 2.28. The highest BCUT2D eigenvalue weighted by atomic mass is 79.9.